The van der Waals surface area contributed by atoms with Gasteiger partial charge in [-0.15, -0.1) is 0 Å². The molecular weight excluding hydrogens is 362 g/mol. The van der Waals surface area contributed by atoms with Crippen molar-refractivity contribution < 1.29 is 14.3 Å². The van der Waals surface area contributed by atoms with E-state index in [0.717, 1.165) is 42.2 Å². The maximum atomic E-state index is 13.3. The van der Waals surface area contributed by atoms with E-state index in [-0.39, 0.29) is 11.9 Å². The zero-order valence-corrected chi connectivity index (χ0v) is 17.5. The van der Waals surface area contributed by atoms with Crippen LogP contribution in [-0.4, -0.2) is 31.6 Å². The molecule has 0 N–H and O–H groups in total. The van der Waals surface area contributed by atoms with Gasteiger partial charge in [-0.2, -0.15) is 0 Å². The number of amides is 1. The average Bonchev–Trinajstić information content (AvgIpc) is 3.30. The summed E-state index contributed by atoms with van der Waals surface area (Å²) in [7, 11) is 3.33. The Morgan fingerprint density at radius 3 is 2.41 bits per heavy atom. The molecule has 1 atom stereocenters. The zero-order chi connectivity index (χ0) is 20.2. The predicted molar refractivity (Wildman–Crippen MR) is 114 cm³/mol. The first kappa shape index (κ1) is 19.8. The first-order valence-electron chi connectivity index (χ1n) is 10.8. The highest BCUT2D eigenvalue weighted by atomic mass is 16.5. The maximum Gasteiger partial charge on any atom is 0.223 e. The summed E-state index contributed by atoms with van der Waals surface area (Å²) in [6.07, 6.45) is 7.74. The summed E-state index contributed by atoms with van der Waals surface area (Å²) in [5, 5.41) is 0. The maximum absolute atomic E-state index is 13.3. The number of benzene rings is 2. The Bertz CT molecular complexity index is 843. The van der Waals surface area contributed by atoms with Crippen LogP contribution in [-0.2, 0) is 11.2 Å². The summed E-state index contributed by atoms with van der Waals surface area (Å²) >= 11 is 0. The van der Waals surface area contributed by atoms with Crippen LogP contribution in [0.3, 0.4) is 0 Å². The normalized spacial score (nSPS) is 19.1. The Labute approximate surface area is 173 Å². The Hall–Kier alpha value is -2.49. The van der Waals surface area contributed by atoms with Crippen LogP contribution < -0.4 is 9.47 Å². The van der Waals surface area contributed by atoms with Crippen LogP contribution in [0.25, 0.3) is 0 Å². The van der Waals surface area contributed by atoms with Crippen molar-refractivity contribution in [2.75, 3.05) is 20.8 Å². The number of carbonyl (C=O) groups excluding carboxylic acids is 1. The van der Waals surface area contributed by atoms with E-state index in [2.05, 4.69) is 29.2 Å². The lowest BCUT2D eigenvalue weighted by atomic mass is 9.87. The minimum atomic E-state index is -0.0733. The Morgan fingerprint density at radius 2 is 1.72 bits per heavy atom. The molecule has 29 heavy (non-hydrogen) atoms. The molecule has 154 valence electrons. The zero-order valence-electron chi connectivity index (χ0n) is 17.5. The number of methoxy groups -OCH3 is 2. The van der Waals surface area contributed by atoms with Crippen LogP contribution in [0.1, 0.15) is 61.3 Å². The van der Waals surface area contributed by atoms with Crippen molar-refractivity contribution in [2.24, 2.45) is 5.92 Å². The molecule has 4 rings (SSSR count). The molecule has 2 aliphatic rings. The largest absolute Gasteiger partial charge is 0.493 e. The third-order valence-electron chi connectivity index (χ3n) is 6.55. The van der Waals surface area contributed by atoms with Gasteiger partial charge in [0, 0.05) is 13.0 Å². The number of nitrogens with zero attached hydrogens (tertiary/aromatic N) is 1. The highest BCUT2D eigenvalue weighted by molar-refractivity contribution is 5.78. The highest BCUT2D eigenvalue weighted by Crippen LogP contribution is 2.41. The number of hydrogen-bond acceptors (Lipinski definition) is 3. The van der Waals surface area contributed by atoms with Crippen LogP contribution >= 0.6 is 0 Å². The van der Waals surface area contributed by atoms with Crippen molar-refractivity contribution in [1.29, 1.82) is 0 Å². The van der Waals surface area contributed by atoms with Crippen LogP contribution in [0.4, 0.5) is 0 Å². The summed E-state index contributed by atoms with van der Waals surface area (Å²) < 4.78 is 11.1. The van der Waals surface area contributed by atoms with E-state index in [1.54, 1.807) is 14.2 Å². The molecule has 1 fully saturated rings. The van der Waals surface area contributed by atoms with E-state index in [4.69, 9.17) is 9.47 Å². The molecule has 2 aromatic rings. The number of hydrogen-bond donors (Lipinski definition) is 0. The lowest BCUT2D eigenvalue weighted by Crippen LogP contribution is -2.40. The molecule has 1 saturated carbocycles. The Kier molecular flexibility index (Phi) is 6.08. The van der Waals surface area contributed by atoms with E-state index in [9.17, 15) is 4.79 Å². The molecule has 0 aromatic heterocycles. The Balaban J connectivity index is 1.66. The molecule has 4 nitrogen and oxygen atoms in total. The predicted octanol–water partition coefficient (Wildman–Crippen LogP) is 5.15. The summed E-state index contributed by atoms with van der Waals surface area (Å²) in [4.78, 5) is 15.4. The summed E-state index contributed by atoms with van der Waals surface area (Å²) in [6, 6.07) is 14.4. The molecule has 0 spiro atoms. The van der Waals surface area contributed by atoms with Crippen LogP contribution in [0, 0.1) is 5.92 Å². The molecule has 1 amide bonds. The fraction of sp³-hybridized carbons (Fsp3) is 0.480. The number of ether oxygens (including phenoxy) is 2. The van der Waals surface area contributed by atoms with Gasteiger partial charge in [-0.25, -0.2) is 0 Å². The number of rotatable bonds is 6. The number of carbonyl (C=O) groups is 1. The minimum absolute atomic E-state index is 0.0733. The van der Waals surface area contributed by atoms with Crippen molar-refractivity contribution in [3.05, 3.63) is 59.2 Å². The molecular formula is C25H31NO3. The van der Waals surface area contributed by atoms with Crippen molar-refractivity contribution >= 4 is 5.91 Å². The van der Waals surface area contributed by atoms with Crippen LogP contribution in [0.15, 0.2) is 42.5 Å². The van der Waals surface area contributed by atoms with Gasteiger partial charge in [-0.05, 0) is 47.6 Å². The number of fused-ring (bicyclic) bond motifs is 1. The van der Waals surface area contributed by atoms with Crippen molar-refractivity contribution in [3.8, 4) is 11.5 Å². The average molecular weight is 394 g/mol. The van der Waals surface area contributed by atoms with Gasteiger partial charge in [0.25, 0.3) is 0 Å². The van der Waals surface area contributed by atoms with E-state index < -0.39 is 0 Å². The topological polar surface area (TPSA) is 38.8 Å². The lowest BCUT2D eigenvalue weighted by Gasteiger charge is -2.38. The second-order valence-corrected chi connectivity index (χ2v) is 8.25. The lowest BCUT2D eigenvalue weighted by molar-refractivity contribution is -0.133. The summed E-state index contributed by atoms with van der Waals surface area (Å²) in [6.45, 7) is 0.742. The smallest absolute Gasteiger partial charge is 0.223 e. The summed E-state index contributed by atoms with van der Waals surface area (Å²) in [5.74, 6) is 2.47. The van der Waals surface area contributed by atoms with Crippen molar-refractivity contribution in [1.82, 2.24) is 4.90 Å². The molecule has 1 aliphatic carbocycles. The van der Waals surface area contributed by atoms with E-state index in [0.29, 0.717) is 12.2 Å². The first-order valence-corrected chi connectivity index (χ1v) is 10.8. The standard InChI is InChI=1S/C25H31NO3/c1-28-22-16-20-14-15-26(24(27)13-12-18-8-6-7-9-18)25(19-10-4-3-5-11-19)21(20)17-23(22)29-2/h3-5,10-11,16-18,25H,6-9,12-15H2,1-2H3. The van der Waals surface area contributed by atoms with Crippen LogP contribution in [0.2, 0.25) is 0 Å². The molecule has 0 saturated heterocycles. The van der Waals surface area contributed by atoms with Gasteiger partial charge in [0.05, 0.1) is 20.3 Å². The molecule has 4 heteroatoms. The van der Waals surface area contributed by atoms with Gasteiger partial charge >= 0.3 is 0 Å². The van der Waals surface area contributed by atoms with Crippen molar-refractivity contribution in [3.63, 3.8) is 0 Å². The van der Waals surface area contributed by atoms with E-state index >= 15 is 0 Å². The summed E-state index contributed by atoms with van der Waals surface area (Å²) in [5.41, 5.74) is 3.53. The van der Waals surface area contributed by atoms with E-state index in [1.165, 1.54) is 31.2 Å². The molecule has 1 aliphatic heterocycles. The highest BCUT2D eigenvalue weighted by Gasteiger charge is 2.33. The monoisotopic (exact) mass is 393 g/mol. The van der Waals surface area contributed by atoms with E-state index in [1.807, 2.05) is 18.2 Å². The second-order valence-electron chi connectivity index (χ2n) is 8.25. The van der Waals surface area contributed by atoms with Crippen LogP contribution in [0.5, 0.6) is 11.5 Å². The van der Waals surface area contributed by atoms with Gasteiger partial charge in [-0.3, -0.25) is 4.79 Å². The quantitative estimate of drug-likeness (QED) is 0.681. The van der Waals surface area contributed by atoms with Gasteiger partial charge in [0.15, 0.2) is 11.5 Å². The third-order valence-corrected chi connectivity index (χ3v) is 6.55. The Morgan fingerprint density at radius 1 is 1.03 bits per heavy atom. The SMILES string of the molecule is COc1cc2c(cc1OC)C(c1ccccc1)N(C(=O)CCC1CCCC1)CC2. The minimum Gasteiger partial charge on any atom is -0.493 e. The van der Waals surface area contributed by atoms with Crippen molar-refractivity contribution in [2.45, 2.75) is 51.0 Å². The molecule has 2 aromatic carbocycles. The molecule has 1 unspecified atom stereocenters. The van der Waals surface area contributed by atoms with Gasteiger partial charge in [0.1, 0.15) is 0 Å². The van der Waals surface area contributed by atoms with Gasteiger partial charge in [-0.1, -0.05) is 56.0 Å². The molecule has 0 bridgehead atoms. The third kappa shape index (κ3) is 4.12. The van der Waals surface area contributed by atoms with Gasteiger partial charge in [0.2, 0.25) is 5.91 Å². The fourth-order valence-electron chi connectivity index (χ4n) is 4.98. The molecule has 1 heterocycles. The van der Waals surface area contributed by atoms with Gasteiger partial charge < -0.3 is 14.4 Å². The molecule has 0 radical (unpaired) electrons. The first-order chi connectivity index (χ1) is 14.2. The second kappa shape index (κ2) is 8.89. The fourth-order valence-corrected chi connectivity index (χ4v) is 4.98.